The highest BCUT2D eigenvalue weighted by molar-refractivity contribution is 5.95. The van der Waals surface area contributed by atoms with E-state index >= 15 is 0 Å². The fraction of sp³-hybridized carbons (Fsp3) is 0.174. The van der Waals surface area contributed by atoms with Crippen LogP contribution in [0, 0.1) is 6.92 Å². The Bertz CT molecular complexity index is 1260. The van der Waals surface area contributed by atoms with Gasteiger partial charge >= 0.3 is 12.1 Å². The molecule has 0 aliphatic heterocycles. The highest BCUT2D eigenvalue weighted by Crippen LogP contribution is 2.29. The minimum atomic E-state index is -4.50. The van der Waals surface area contributed by atoms with E-state index < -0.39 is 35.8 Å². The lowest BCUT2D eigenvalue weighted by molar-refractivity contribution is -0.142. The molecule has 1 aromatic heterocycles. The summed E-state index contributed by atoms with van der Waals surface area (Å²) in [6.07, 6.45) is -2.44. The van der Waals surface area contributed by atoms with Crippen molar-refractivity contribution in [2.75, 3.05) is 11.9 Å². The topological polar surface area (TPSA) is 82.3 Å². The van der Waals surface area contributed by atoms with Gasteiger partial charge in [0.2, 0.25) is 0 Å². The number of hydrogen-bond donors (Lipinski definition) is 1. The van der Waals surface area contributed by atoms with E-state index in [1.54, 1.807) is 42.9 Å². The van der Waals surface area contributed by atoms with Crippen LogP contribution in [-0.2, 0) is 27.5 Å². The van der Waals surface area contributed by atoms with Gasteiger partial charge < -0.3 is 10.1 Å². The molecule has 0 atom stereocenters. The van der Waals surface area contributed by atoms with Crippen LogP contribution in [0.25, 0.3) is 11.8 Å². The number of benzene rings is 2. The maximum Gasteiger partial charge on any atom is 0.416 e. The zero-order valence-electron chi connectivity index (χ0n) is 17.7. The summed E-state index contributed by atoms with van der Waals surface area (Å²) < 4.78 is 46.0. The fourth-order valence-corrected chi connectivity index (χ4v) is 3.06. The third-order valence-electron chi connectivity index (χ3n) is 4.79. The van der Waals surface area contributed by atoms with Crippen LogP contribution in [0.15, 0.2) is 65.5 Å². The van der Waals surface area contributed by atoms with Crippen LogP contribution >= 0.6 is 0 Å². The molecule has 0 bridgehead atoms. The first-order chi connectivity index (χ1) is 15.6. The van der Waals surface area contributed by atoms with Crippen molar-refractivity contribution in [1.29, 1.82) is 0 Å². The Morgan fingerprint density at radius 2 is 1.79 bits per heavy atom. The second-order valence-electron chi connectivity index (χ2n) is 7.05. The molecule has 0 spiro atoms. The molecule has 3 aromatic rings. The summed E-state index contributed by atoms with van der Waals surface area (Å²) >= 11 is 0. The Morgan fingerprint density at radius 3 is 2.45 bits per heavy atom. The summed E-state index contributed by atoms with van der Waals surface area (Å²) in [5.74, 6) is -1.66. The molecule has 1 N–H and O–H groups in total. The SMILES string of the molecule is Cc1c(NC(=O)COC(=O)/C=C/c2cccc(C(F)(F)F)c2)c(=O)n(-c2ccccc2)n1C. The van der Waals surface area contributed by atoms with Crippen molar-refractivity contribution in [3.63, 3.8) is 0 Å². The molecule has 172 valence electrons. The lowest BCUT2D eigenvalue weighted by Gasteiger charge is -2.07. The average molecular weight is 459 g/mol. The van der Waals surface area contributed by atoms with E-state index in [9.17, 15) is 27.6 Å². The van der Waals surface area contributed by atoms with Gasteiger partial charge in [0, 0.05) is 13.1 Å². The highest BCUT2D eigenvalue weighted by atomic mass is 19.4. The predicted molar refractivity (Wildman–Crippen MR) is 116 cm³/mol. The molecule has 1 heterocycles. The number of amides is 1. The Kier molecular flexibility index (Phi) is 6.86. The minimum Gasteiger partial charge on any atom is -0.452 e. The van der Waals surface area contributed by atoms with Gasteiger partial charge in [0.1, 0.15) is 5.69 Å². The number of halogens is 3. The number of hydrogen-bond acceptors (Lipinski definition) is 4. The monoisotopic (exact) mass is 459 g/mol. The van der Waals surface area contributed by atoms with Crippen molar-refractivity contribution in [3.05, 3.63) is 87.8 Å². The molecule has 3 rings (SSSR count). The predicted octanol–water partition coefficient (Wildman–Crippen LogP) is 3.70. The molecule has 1 amide bonds. The van der Waals surface area contributed by atoms with Crippen LogP contribution in [-0.4, -0.2) is 27.8 Å². The van der Waals surface area contributed by atoms with Crippen LogP contribution < -0.4 is 10.9 Å². The van der Waals surface area contributed by atoms with Crippen molar-refractivity contribution in [2.45, 2.75) is 13.1 Å². The van der Waals surface area contributed by atoms with Gasteiger partial charge in [0.25, 0.3) is 11.5 Å². The first kappa shape index (κ1) is 23.6. The van der Waals surface area contributed by atoms with E-state index in [4.69, 9.17) is 4.74 Å². The third kappa shape index (κ3) is 5.59. The number of para-hydroxylation sites is 1. The van der Waals surface area contributed by atoms with Crippen LogP contribution in [0.2, 0.25) is 0 Å². The lowest BCUT2D eigenvalue weighted by atomic mass is 10.1. The quantitative estimate of drug-likeness (QED) is 0.450. The second kappa shape index (κ2) is 9.60. The molecule has 0 fully saturated rings. The van der Waals surface area contributed by atoms with E-state index in [0.717, 1.165) is 24.3 Å². The molecular formula is C23H20F3N3O4. The number of rotatable bonds is 6. The number of alkyl halides is 3. The second-order valence-corrected chi connectivity index (χ2v) is 7.05. The zero-order valence-corrected chi connectivity index (χ0v) is 17.7. The van der Waals surface area contributed by atoms with Crippen LogP contribution in [0.5, 0.6) is 0 Å². The number of anilines is 1. The van der Waals surface area contributed by atoms with E-state index in [2.05, 4.69) is 5.32 Å². The van der Waals surface area contributed by atoms with E-state index in [1.165, 1.54) is 16.8 Å². The Balaban J connectivity index is 1.63. The molecule has 10 heteroatoms. The van der Waals surface area contributed by atoms with Gasteiger partial charge in [-0.15, -0.1) is 0 Å². The molecule has 0 aliphatic carbocycles. The standard InChI is InChI=1S/C23H20F3N3O4/c1-15-21(22(32)29(28(15)2)18-9-4-3-5-10-18)27-19(30)14-33-20(31)12-11-16-7-6-8-17(13-16)23(24,25)26/h3-13H,14H2,1-2H3,(H,27,30)/b12-11+. The molecule has 0 radical (unpaired) electrons. The van der Waals surface area contributed by atoms with Gasteiger partial charge in [-0.1, -0.05) is 30.3 Å². The van der Waals surface area contributed by atoms with Gasteiger partial charge in [-0.3, -0.25) is 14.3 Å². The zero-order chi connectivity index (χ0) is 24.2. The van der Waals surface area contributed by atoms with Crippen LogP contribution in [0.3, 0.4) is 0 Å². The molecule has 33 heavy (non-hydrogen) atoms. The Morgan fingerprint density at radius 1 is 1.09 bits per heavy atom. The highest BCUT2D eigenvalue weighted by Gasteiger charge is 2.30. The van der Waals surface area contributed by atoms with Crippen molar-refractivity contribution in [1.82, 2.24) is 9.36 Å². The van der Waals surface area contributed by atoms with Gasteiger partial charge in [0.15, 0.2) is 6.61 Å². The third-order valence-corrected chi connectivity index (χ3v) is 4.79. The smallest absolute Gasteiger partial charge is 0.416 e. The maximum atomic E-state index is 12.8. The van der Waals surface area contributed by atoms with Crippen molar-refractivity contribution < 1.29 is 27.5 Å². The Labute approximate surface area is 186 Å². The summed E-state index contributed by atoms with van der Waals surface area (Å²) in [6, 6.07) is 13.2. The van der Waals surface area contributed by atoms with Crippen molar-refractivity contribution in [2.24, 2.45) is 7.05 Å². The molecule has 7 nitrogen and oxygen atoms in total. The van der Waals surface area contributed by atoms with E-state index in [0.29, 0.717) is 11.4 Å². The summed E-state index contributed by atoms with van der Waals surface area (Å²) in [5, 5.41) is 2.44. The first-order valence-corrected chi connectivity index (χ1v) is 9.74. The average Bonchev–Trinajstić information content (AvgIpc) is 2.99. The molecule has 0 aliphatic rings. The largest absolute Gasteiger partial charge is 0.452 e. The lowest BCUT2D eigenvalue weighted by Crippen LogP contribution is -2.25. The summed E-state index contributed by atoms with van der Waals surface area (Å²) in [5.41, 5.74) is -0.00987. The van der Waals surface area contributed by atoms with Crippen LogP contribution in [0.4, 0.5) is 18.9 Å². The first-order valence-electron chi connectivity index (χ1n) is 9.74. The summed E-state index contributed by atoms with van der Waals surface area (Å²) in [6.45, 7) is 0.977. The number of aromatic nitrogens is 2. The Hall–Kier alpha value is -4.08. The van der Waals surface area contributed by atoms with Gasteiger partial charge in [-0.2, -0.15) is 13.2 Å². The maximum absolute atomic E-state index is 12.8. The number of nitrogens with zero attached hydrogens (tertiary/aromatic N) is 2. The number of carbonyl (C=O) groups is 2. The summed E-state index contributed by atoms with van der Waals surface area (Å²) in [7, 11) is 1.66. The normalized spacial score (nSPS) is 11.5. The molecular weight excluding hydrogens is 439 g/mol. The minimum absolute atomic E-state index is 0.0434. The van der Waals surface area contributed by atoms with Gasteiger partial charge in [-0.05, 0) is 42.8 Å². The van der Waals surface area contributed by atoms with Gasteiger partial charge in [-0.25, -0.2) is 9.48 Å². The van der Waals surface area contributed by atoms with E-state index in [1.807, 2.05) is 6.07 Å². The summed E-state index contributed by atoms with van der Waals surface area (Å²) in [4.78, 5) is 36.8. The number of carbonyl (C=O) groups excluding carboxylic acids is 2. The molecule has 0 unspecified atom stereocenters. The fourth-order valence-electron chi connectivity index (χ4n) is 3.06. The molecule has 2 aromatic carbocycles. The van der Waals surface area contributed by atoms with E-state index in [-0.39, 0.29) is 11.3 Å². The van der Waals surface area contributed by atoms with Gasteiger partial charge in [0.05, 0.1) is 16.9 Å². The number of ether oxygens (including phenoxy) is 1. The molecule has 0 saturated heterocycles. The number of esters is 1. The number of nitrogens with one attached hydrogen (secondary N) is 1. The van der Waals surface area contributed by atoms with Crippen molar-refractivity contribution in [3.8, 4) is 5.69 Å². The van der Waals surface area contributed by atoms with Crippen molar-refractivity contribution >= 4 is 23.6 Å². The molecule has 0 saturated carbocycles. The van der Waals surface area contributed by atoms with Crippen LogP contribution in [0.1, 0.15) is 16.8 Å².